The van der Waals surface area contributed by atoms with Gasteiger partial charge in [-0.2, -0.15) is 8.75 Å². The van der Waals surface area contributed by atoms with Crippen molar-refractivity contribution in [1.29, 1.82) is 0 Å². The summed E-state index contributed by atoms with van der Waals surface area (Å²) >= 11 is 6.73. The normalized spacial score (nSPS) is 12.9. The quantitative estimate of drug-likeness (QED) is 0.823. The molecule has 4 nitrogen and oxygen atoms in total. The Bertz CT molecular complexity index is 488. The van der Waals surface area contributed by atoms with Crippen molar-refractivity contribution in [3.8, 4) is 0 Å². The number of hydrogen-bond donors (Lipinski definition) is 2. The Morgan fingerprint density at radius 3 is 2.81 bits per heavy atom. The van der Waals surface area contributed by atoms with Crippen LogP contribution in [-0.4, -0.2) is 32.4 Å². The second kappa shape index (κ2) is 4.95. The lowest BCUT2D eigenvalue weighted by Gasteiger charge is -2.11. The fraction of sp³-hybridized carbons (Fsp3) is 0.400. The van der Waals surface area contributed by atoms with Crippen molar-refractivity contribution in [2.45, 2.75) is 13.0 Å². The molecule has 0 aliphatic heterocycles. The minimum absolute atomic E-state index is 0.229. The van der Waals surface area contributed by atoms with E-state index in [4.69, 9.17) is 11.6 Å². The highest BCUT2D eigenvalue weighted by molar-refractivity contribution is 7.00. The highest BCUT2D eigenvalue weighted by Gasteiger charge is 2.06. The maximum Gasteiger partial charge on any atom is 0.106 e. The Labute approximate surface area is 103 Å². The monoisotopic (exact) mass is 257 g/mol. The van der Waals surface area contributed by atoms with Gasteiger partial charge in [-0.25, -0.2) is 0 Å². The summed E-state index contributed by atoms with van der Waals surface area (Å²) in [6, 6.07) is 3.92. The van der Waals surface area contributed by atoms with E-state index in [-0.39, 0.29) is 5.88 Å². The molecule has 0 fully saturated rings. The zero-order chi connectivity index (χ0) is 11.5. The number of aliphatic hydroxyl groups is 1. The summed E-state index contributed by atoms with van der Waals surface area (Å²) in [5.74, 6) is 0.229. The van der Waals surface area contributed by atoms with E-state index in [1.165, 1.54) is 11.7 Å². The number of nitrogens with zero attached hydrogens (tertiary/aromatic N) is 2. The molecule has 2 aromatic rings. The van der Waals surface area contributed by atoms with Crippen molar-refractivity contribution < 1.29 is 5.11 Å². The Morgan fingerprint density at radius 2 is 2.12 bits per heavy atom. The molecule has 2 rings (SSSR count). The lowest BCUT2D eigenvalue weighted by Crippen LogP contribution is -2.21. The van der Waals surface area contributed by atoms with Crippen LogP contribution in [0.3, 0.4) is 0 Å². The molecule has 16 heavy (non-hydrogen) atoms. The number of aryl methyl sites for hydroxylation is 1. The van der Waals surface area contributed by atoms with E-state index in [9.17, 15) is 5.11 Å². The van der Waals surface area contributed by atoms with Gasteiger partial charge in [0.05, 0.1) is 23.7 Å². The molecular weight excluding hydrogens is 246 g/mol. The predicted molar refractivity (Wildman–Crippen MR) is 67.4 cm³/mol. The van der Waals surface area contributed by atoms with Crippen molar-refractivity contribution in [1.82, 2.24) is 8.75 Å². The van der Waals surface area contributed by atoms with Gasteiger partial charge in [0.25, 0.3) is 0 Å². The van der Waals surface area contributed by atoms with Crippen molar-refractivity contribution >= 4 is 40.0 Å². The lowest BCUT2D eigenvalue weighted by atomic mass is 10.1. The second-order valence-electron chi connectivity index (χ2n) is 3.61. The molecule has 1 atom stereocenters. The number of halogens is 1. The minimum atomic E-state index is -0.537. The Morgan fingerprint density at radius 1 is 1.44 bits per heavy atom. The predicted octanol–water partition coefficient (Wildman–Crippen LogP) is 2.01. The van der Waals surface area contributed by atoms with Gasteiger partial charge in [-0.05, 0) is 24.6 Å². The molecule has 0 bridgehead atoms. The summed E-state index contributed by atoms with van der Waals surface area (Å²) < 4.78 is 8.33. The van der Waals surface area contributed by atoms with Crippen LogP contribution < -0.4 is 5.32 Å². The van der Waals surface area contributed by atoms with Crippen molar-refractivity contribution in [2.75, 3.05) is 17.7 Å². The van der Waals surface area contributed by atoms with E-state index in [1.54, 1.807) is 0 Å². The molecule has 0 aliphatic rings. The van der Waals surface area contributed by atoms with Crippen LogP contribution in [0.4, 0.5) is 5.69 Å². The van der Waals surface area contributed by atoms with Crippen LogP contribution in [0.2, 0.25) is 0 Å². The Kier molecular flexibility index (Phi) is 3.58. The van der Waals surface area contributed by atoms with Gasteiger partial charge in [0.2, 0.25) is 0 Å². The van der Waals surface area contributed by atoms with Gasteiger partial charge in [0, 0.05) is 12.2 Å². The largest absolute Gasteiger partial charge is 0.390 e. The summed E-state index contributed by atoms with van der Waals surface area (Å²) in [4.78, 5) is 0. The van der Waals surface area contributed by atoms with Gasteiger partial charge in [-0.1, -0.05) is 0 Å². The van der Waals surface area contributed by atoms with Crippen LogP contribution in [0.5, 0.6) is 0 Å². The van der Waals surface area contributed by atoms with Crippen LogP contribution in [0.15, 0.2) is 12.1 Å². The van der Waals surface area contributed by atoms with Gasteiger partial charge < -0.3 is 10.4 Å². The highest BCUT2D eigenvalue weighted by Crippen LogP contribution is 2.22. The van der Waals surface area contributed by atoms with Crippen molar-refractivity contribution in [2.24, 2.45) is 0 Å². The molecule has 0 saturated heterocycles. The zero-order valence-electron chi connectivity index (χ0n) is 8.77. The van der Waals surface area contributed by atoms with Gasteiger partial charge >= 0.3 is 0 Å². The first-order valence-electron chi connectivity index (χ1n) is 4.91. The molecule has 1 heterocycles. The van der Waals surface area contributed by atoms with Crippen LogP contribution in [0, 0.1) is 6.92 Å². The van der Waals surface area contributed by atoms with Crippen LogP contribution >= 0.6 is 23.3 Å². The van der Waals surface area contributed by atoms with Crippen LogP contribution in [0.25, 0.3) is 11.0 Å². The van der Waals surface area contributed by atoms with E-state index < -0.39 is 6.10 Å². The number of benzene rings is 1. The van der Waals surface area contributed by atoms with E-state index in [2.05, 4.69) is 14.1 Å². The second-order valence-corrected chi connectivity index (χ2v) is 4.45. The van der Waals surface area contributed by atoms with Gasteiger partial charge in [0.1, 0.15) is 11.0 Å². The molecule has 0 spiro atoms. The molecule has 86 valence electrons. The summed E-state index contributed by atoms with van der Waals surface area (Å²) in [5.41, 5.74) is 3.83. The van der Waals surface area contributed by atoms with Gasteiger partial charge in [-0.3, -0.25) is 0 Å². The number of rotatable bonds is 4. The first kappa shape index (κ1) is 11.6. The van der Waals surface area contributed by atoms with Crippen LogP contribution in [-0.2, 0) is 0 Å². The number of nitrogens with one attached hydrogen (secondary N) is 1. The summed E-state index contributed by atoms with van der Waals surface area (Å²) in [7, 11) is 0. The molecular formula is C10H12ClN3OS. The third kappa shape index (κ3) is 2.42. The molecule has 1 aromatic carbocycles. The van der Waals surface area contributed by atoms with E-state index >= 15 is 0 Å². The molecule has 2 N–H and O–H groups in total. The maximum absolute atomic E-state index is 9.36. The smallest absolute Gasteiger partial charge is 0.106 e. The van der Waals surface area contributed by atoms with E-state index in [1.807, 2.05) is 19.1 Å². The van der Waals surface area contributed by atoms with E-state index in [0.29, 0.717) is 6.54 Å². The number of aliphatic hydroxyl groups excluding tert-OH is 1. The molecule has 0 aliphatic carbocycles. The average molecular weight is 258 g/mol. The Balaban J connectivity index is 2.19. The number of fused-ring (bicyclic) bond motifs is 1. The number of aromatic nitrogens is 2. The van der Waals surface area contributed by atoms with Crippen molar-refractivity contribution in [3.63, 3.8) is 0 Å². The summed E-state index contributed by atoms with van der Waals surface area (Å²) in [6.45, 7) is 2.43. The van der Waals surface area contributed by atoms with Crippen molar-refractivity contribution in [3.05, 3.63) is 17.7 Å². The fourth-order valence-electron chi connectivity index (χ4n) is 1.41. The zero-order valence-corrected chi connectivity index (χ0v) is 10.3. The SMILES string of the molecule is Cc1cc2nsnc2cc1NCC(O)CCl. The standard InChI is InChI=1S/C10H12ClN3OS/c1-6-2-9-10(14-16-13-9)3-8(6)12-5-7(15)4-11/h2-3,7,12,15H,4-5H2,1H3. The topological polar surface area (TPSA) is 58.0 Å². The minimum Gasteiger partial charge on any atom is -0.390 e. The van der Waals surface area contributed by atoms with Gasteiger partial charge in [0.15, 0.2) is 0 Å². The third-order valence-electron chi connectivity index (χ3n) is 2.31. The molecule has 0 radical (unpaired) electrons. The molecule has 6 heteroatoms. The van der Waals surface area contributed by atoms with E-state index in [0.717, 1.165) is 22.3 Å². The van der Waals surface area contributed by atoms with Gasteiger partial charge in [-0.15, -0.1) is 11.6 Å². The third-order valence-corrected chi connectivity index (χ3v) is 3.22. The van der Waals surface area contributed by atoms with Crippen LogP contribution in [0.1, 0.15) is 5.56 Å². The lowest BCUT2D eigenvalue weighted by molar-refractivity contribution is 0.211. The first-order chi connectivity index (χ1) is 7.70. The number of hydrogen-bond acceptors (Lipinski definition) is 5. The summed E-state index contributed by atoms with van der Waals surface area (Å²) in [5, 5.41) is 12.5. The fourth-order valence-corrected chi connectivity index (χ4v) is 2.03. The molecule has 0 amide bonds. The number of alkyl halides is 1. The average Bonchev–Trinajstić information content (AvgIpc) is 2.72. The molecule has 1 aromatic heterocycles. The molecule has 1 unspecified atom stereocenters. The first-order valence-corrected chi connectivity index (χ1v) is 6.18. The summed E-state index contributed by atoms with van der Waals surface area (Å²) in [6.07, 6.45) is -0.537. The highest BCUT2D eigenvalue weighted by atomic mass is 35.5. The Hall–Kier alpha value is -0.910. The number of anilines is 1. The maximum atomic E-state index is 9.36. The molecule has 0 saturated carbocycles.